The van der Waals surface area contributed by atoms with Gasteiger partial charge in [0.15, 0.2) is 0 Å². The zero-order valence-corrected chi connectivity index (χ0v) is 10.2. The van der Waals surface area contributed by atoms with E-state index in [0.29, 0.717) is 4.83 Å². The Hall–Kier alpha value is -0.380. The maximum absolute atomic E-state index is 4.28. The number of aromatic nitrogens is 3. The fraction of sp³-hybridized carbons (Fsp3) is 0.800. The molecule has 1 aliphatic carbocycles. The van der Waals surface area contributed by atoms with Crippen molar-refractivity contribution in [2.24, 2.45) is 18.9 Å². The Balaban J connectivity index is 2.02. The van der Waals surface area contributed by atoms with E-state index in [0.717, 1.165) is 24.1 Å². The summed E-state index contributed by atoms with van der Waals surface area (Å²) in [6.45, 7) is 2.33. The maximum Gasteiger partial charge on any atom is 0.138 e. The highest BCUT2D eigenvalue weighted by atomic mass is 79.9. The molecule has 1 aromatic rings. The third-order valence-electron chi connectivity index (χ3n) is 3.38. The molecule has 0 amide bonds. The van der Waals surface area contributed by atoms with Gasteiger partial charge in [0, 0.05) is 18.3 Å². The monoisotopic (exact) mass is 257 g/mol. The number of aryl methyl sites for hydroxylation is 1. The van der Waals surface area contributed by atoms with Gasteiger partial charge in [0.25, 0.3) is 0 Å². The van der Waals surface area contributed by atoms with E-state index >= 15 is 0 Å². The van der Waals surface area contributed by atoms with Crippen LogP contribution in [-0.4, -0.2) is 19.6 Å². The number of alkyl halides is 1. The molecule has 3 atom stereocenters. The first-order valence-electron chi connectivity index (χ1n) is 5.15. The predicted octanol–water partition coefficient (Wildman–Crippen LogP) is 2.17. The van der Waals surface area contributed by atoms with E-state index in [-0.39, 0.29) is 0 Å². The third kappa shape index (κ3) is 1.85. The molecule has 2 rings (SSSR count). The van der Waals surface area contributed by atoms with Crippen molar-refractivity contribution in [3.8, 4) is 0 Å². The lowest BCUT2D eigenvalue weighted by atomic mass is 9.94. The molecule has 1 aliphatic rings. The maximum atomic E-state index is 4.28. The van der Waals surface area contributed by atoms with Crippen LogP contribution < -0.4 is 0 Å². The first-order chi connectivity index (χ1) is 6.68. The van der Waals surface area contributed by atoms with Crippen molar-refractivity contribution in [1.82, 2.24) is 14.8 Å². The van der Waals surface area contributed by atoms with Crippen molar-refractivity contribution in [2.45, 2.75) is 31.0 Å². The summed E-state index contributed by atoms with van der Waals surface area (Å²) in [6.07, 6.45) is 5.31. The highest BCUT2D eigenvalue weighted by molar-refractivity contribution is 9.09. The van der Waals surface area contributed by atoms with Crippen LogP contribution >= 0.6 is 15.9 Å². The normalized spacial score (nSPS) is 32.4. The summed E-state index contributed by atoms with van der Waals surface area (Å²) >= 11 is 3.72. The summed E-state index contributed by atoms with van der Waals surface area (Å²) in [5.41, 5.74) is 0. The molecule has 0 spiro atoms. The minimum absolute atomic E-state index is 0.695. The van der Waals surface area contributed by atoms with Gasteiger partial charge in [0.1, 0.15) is 12.2 Å². The quantitative estimate of drug-likeness (QED) is 0.761. The lowest BCUT2D eigenvalue weighted by molar-refractivity contribution is 0.408. The molecule has 0 saturated heterocycles. The number of halogens is 1. The van der Waals surface area contributed by atoms with Crippen molar-refractivity contribution >= 4 is 15.9 Å². The van der Waals surface area contributed by atoms with Gasteiger partial charge in [-0.3, -0.25) is 4.68 Å². The van der Waals surface area contributed by atoms with Gasteiger partial charge in [-0.05, 0) is 24.7 Å². The van der Waals surface area contributed by atoms with Crippen LogP contribution in [-0.2, 0) is 13.5 Å². The average molecular weight is 258 g/mol. The summed E-state index contributed by atoms with van der Waals surface area (Å²) < 4.78 is 1.88. The molecule has 3 unspecified atom stereocenters. The largest absolute Gasteiger partial charge is 0.253 e. The van der Waals surface area contributed by atoms with Crippen molar-refractivity contribution < 1.29 is 0 Å². The predicted molar refractivity (Wildman–Crippen MR) is 59.3 cm³/mol. The summed E-state index contributed by atoms with van der Waals surface area (Å²) in [7, 11) is 1.97. The molecule has 1 aromatic heterocycles. The van der Waals surface area contributed by atoms with Gasteiger partial charge in [-0.25, -0.2) is 4.98 Å². The summed E-state index contributed by atoms with van der Waals surface area (Å²) in [5, 5.41) is 4.10. The molecule has 0 aliphatic heterocycles. The molecule has 1 heterocycles. The van der Waals surface area contributed by atoms with Gasteiger partial charge in [0.2, 0.25) is 0 Å². The van der Waals surface area contributed by atoms with Gasteiger partial charge in [0.05, 0.1) is 0 Å². The lowest BCUT2D eigenvalue weighted by Crippen LogP contribution is -2.15. The first-order valence-corrected chi connectivity index (χ1v) is 6.07. The van der Waals surface area contributed by atoms with E-state index in [2.05, 4.69) is 32.9 Å². The molecule has 78 valence electrons. The number of nitrogens with zero attached hydrogens (tertiary/aromatic N) is 3. The zero-order chi connectivity index (χ0) is 10.1. The molecule has 4 heteroatoms. The van der Waals surface area contributed by atoms with Crippen molar-refractivity contribution in [1.29, 1.82) is 0 Å². The molecule has 1 saturated carbocycles. The zero-order valence-electron chi connectivity index (χ0n) is 8.65. The summed E-state index contributed by atoms with van der Waals surface area (Å²) in [6, 6.07) is 0. The van der Waals surface area contributed by atoms with Gasteiger partial charge in [-0.2, -0.15) is 5.10 Å². The highest BCUT2D eigenvalue weighted by Crippen LogP contribution is 2.37. The Morgan fingerprint density at radius 3 is 2.86 bits per heavy atom. The Labute approximate surface area is 93.0 Å². The van der Waals surface area contributed by atoms with E-state index in [1.54, 1.807) is 6.33 Å². The second kappa shape index (κ2) is 4.01. The van der Waals surface area contributed by atoms with Gasteiger partial charge >= 0.3 is 0 Å². The Morgan fingerprint density at radius 1 is 1.57 bits per heavy atom. The van der Waals surface area contributed by atoms with Crippen LogP contribution in [0.25, 0.3) is 0 Å². The minimum Gasteiger partial charge on any atom is -0.253 e. The lowest BCUT2D eigenvalue weighted by Gasteiger charge is -2.16. The first kappa shape index (κ1) is 10.1. The molecule has 3 nitrogen and oxygen atoms in total. The van der Waals surface area contributed by atoms with Crippen LogP contribution in [0.5, 0.6) is 0 Å². The number of hydrogen-bond acceptors (Lipinski definition) is 2. The standard InChI is InChI=1S/C10H16BrN3/c1-7-8(3-4-9(7)11)5-10-12-6-13-14(10)2/h6-9H,3-5H2,1-2H3. The van der Waals surface area contributed by atoms with Crippen LogP contribution in [0.1, 0.15) is 25.6 Å². The van der Waals surface area contributed by atoms with Crippen LogP contribution in [0.15, 0.2) is 6.33 Å². The summed E-state index contributed by atoms with van der Waals surface area (Å²) in [5.74, 6) is 2.64. The van der Waals surface area contributed by atoms with E-state index in [4.69, 9.17) is 0 Å². The Bertz CT molecular complexity index is 310. The minimum atomic E-state index is 0.695. The SMILES string of the molecule is CC1C(Br)CCC1Cc1ncnn1C. The second-order valence-electron chi connectivity index (χ2n) is 4.22. The van der Waals surface area contributed by atoms with Gasteiger partial charge in [-0.1, -0.05) is 22.9 Å². The van der Waals surface area contributed by atoms with E-state index < -0.39 is 0 Å². The Kier molecular flexibility index (Phi) is 2.91. The molecule has 0 aromatic carbocycles. The van der Waals surface area contributed by atoms with Crippen LogP contribution in [0.2, 0.25) is 0 Å². The third-order valence-corrected chi connectivity index (χ3v) is 4.67. The highest BCUT2D eigenvalue weighted by Gasteiger charge is 2.31. The van der Waals surface area contributed by atoms with Crippen molar-refractivity contribution in [3.63, 3.8) is 0 Å². The molecule has 14 heavy (non-hydrogen) atoms. The summed E-state index contributed by atoms with van der Waals surface area (Å²) in [4.78, 5) is 4.97. The average Bonchev–Trinajstić information content (AvgIpc) is 2.68. The fourth-order valence-electron chi connectivity index (χ4n) is 2.22. The van der Waals surface area contributed by atoms with Crippen LogP contribution in [0.3, 0.4) is 0 Å². The second-order valence-corrected chi connectivity index (χ2v) is 5.39. The van der Waals surface area contributed by atoms with E-state index in [9.17, 15) is 0 Å². The van der Waals surface area contributed by atoms with E-state index in [1.807, 2.05) is 11.7 Å². The molecule has 0 radical (unpaired) electrons. The smallest absolute Gasteiger partial charge is 0.138 e. The Morgan fingerprint density at radius 2 is 2.36 bits per heavy atom. The molecular weight excluding hydrogens is 242 g/mol. The van der Waals surface area contributed by atoms with Crippen molar-refractivity contribution in [3.05, 3.63) is 12.2 Å². The fourth-order valence-corrected chi connectivity index (χ4v) is 2.92. The van der Waals surface area contributed by atoms with Crippen LogP contribution in [0.4, 0.5) is 0 Å². The van der Waals surface area contributed by atoms with Crippen molar-refractivity contribution in [2.75, 3.05) is 0 Å². The molecular formula is C10H16BrN3. The van der Waals surface area contributed by atoms with Gasteiger partial charge < -0.3 is 0 Å². The molecule has 0 N–H and O–H groups in total. The topological polar surface area (TPSA) is 30.7 Å². The molecule has 0 bridgehead atoms. The molecule has 1 fully saturated rings. The number of hydrogen-bond donors (Lipinski definition) is 0. The van der Waals surface area contributed by atoms with Gasteiger partial charge in [-0.15, -0.1) is 0 Å². The van der Waals surface area contributed by atoms with E-state index in [1.165, 1.54) is 12.8 Å². The number of rotatable bonds is 2. The van der Waals surface area contributed by atoms with Crippen LogP contribution in [0, 0.1) is 11.8 Å².